The first-order chi connectivity index (χ1) is 7.65. The third-order valence-corrected chi connectivity index (χ3v) is 2.24. The van der Waals surface area contributed by atoms with Crippen LogP contribution >= 0.6 is 0 Å². The van der Waals surface area contributed by atoms with Crippen molar-refractivity contribution >= 4 is 5.97 Å². The highest BCUT2D eigenvalue weighted by Gasteiger charge is 2.11. The van der Waals surface area contributed by atoms with E-state index in [4.69, 9.17) is 0 Å². The van der Waals surface area contributed by atoms with Crippen LogP contribution in [0.2, 0.25) is 0 Å². The standard InChI is InChI=1S/C13H17NO2/c1-10(2)6-4-7-11-8-5-9-14-12(11)13(15)16-3/h5-6,8-9H,4,7H2,1-3H3. The van der Waals surface area contributed by atoms with E-state index in [0.717, 1.165) is 18.4 Å². The molecule has 16 heavy (non-hydrogen) atoms. The minimum Gasteiger partial charge on any atom is -0.464 e. The van der Waals surface area contributed by atoms with Gasteiger partial charge < -0.3 is 4.74 Å². The average molecular weight is 219 g/mol. The third-order valence-electron chi connectivity index (χ3n) is 2.24. The monoisotopic (exact) mass is 219 g/mol. The molecule has 86 valence electrons. The lowest BCUT2D eigenvalue weighted by Crippen LogP contribution is -2.08. The van der Waals surface area contributed by atoms with E-state index < -0.39 is 0 Å². The van der Waals surface area contributed by atoms with Crippen molar-refractivity contribution in [3.8, 4) is 0 Å². The second-order valence-electron chi connectivity index (χ2n) is 3.82. The van der Waals surface area contributed by atoms with Crippen LogP contribution in [0.5, 0.6) is 0 Å². The molecule has 0 unspecified atom stereocenters. The summed E-state index contributed by atoms with van der Waals surface area (Å²) in [6.07, 6.45) is 5.48. The Morgan fingerprint density at radius 1 is 1.50 bits per heavy atom. The van der Waals surface area contributed by atoms with Crippen molar-refractivity contribution in [2.75, 3.05) is 7.11 Å². The highest BCUT2D eigenvalue weighted by atomic mass is 16.5. The number of hydrogen-bond donors (Lipinski definition) is 0. The zero-order valence-electron chi connectivity index (χ0n) is 9.99. The second kappa shape index (κ2) is 6.05. The fourth-order valence-corrected chi connectivity index (χ4v) is 1.44. The maximum absolute atomic E-state index is 11.4. The van der Waals surface area contributed by atoms with Crippen molar-refractivity contribution in [1.82, 2.24) is 4.98 Å². The lowest BCUT2D eigenvalue weighted by atomic mass is 10.1. The second-order valence-corrected chi connectivity index (χ2v) is 3.82. The van der Waals surface area contributed by atoms with Gasteiger partial charge in [-0.1, -0.05) is 17.7 Å². The van der Waals surface area contributed by atoms with Crippen molar-refractivity contribution in [3.63, 3.8) is 0 Å². The van der Waals surface area contributed by atoms with Gasteiger partial charge in [-0.15, -0.1) is 0 Å². The number of esters is 1. The molecule has 3 nitrogen and oxygen atoms in total. The Balaban J connectivity index is 2.79. The molecule has 0 aromatic carbocycles. The molecule has 0 atom stereocenters. The van der Waals surface area contributed by atoms with Gasteiger partial charge in [-0.05, 0) is 38.3 Å². The van der Waals surface area contributed by atoms with E-state index in [9.17, 15) is 4.79 Å². The first-order valence-corrected chi connectivity index (χ1v) is 5.30. The number of pyridine rings is 1. The van der Waals surface area contributed by atoms with Crippen LogP contribution in [0, 0.1) is 0 Å². The van der Waals surface area contributed by atoms with Crippen LogP contribution in [-0.2, 0) is 11.2 Å². The molecule has 1 aromatic rings. The summed E-state index contributed by atoms with van der Waals surface area (Å²) in [6, 6.07) is 3.75. The molecule has 0 aliphatic heterocycles. The summed E-state index contributed by atoms with van der Waals surface area (Å²) in [5.41, 5.74) is 2.64. The maximum atomic E-state index is 11.4. The molecule has 0 saturated heterocycles. The van der Waals surface area contributed by atoms with E-state index in [1.165, 1.54) is 12.7 Å². The molecule has 1 rings (SSSR count). The van der Waals surface area contributed by atoms with E-state index in [1.807, 2.05) is 12.1 Å². The number of hydrogen-bond acceptors (Lipinski definition) is 3. The van der Waals surface area contributed by atoms with Crippen LogP contribution in [0.3, 0.4) is 0 Å². The molecule has 0 saturated carbocycles. The van der Waals surface area contributed by atoms with Crippen molar-refractivity contribution in [2.45, 2.75) is 26.7 Å². The first kappa shape index (κ1) is 12.4. The van der Waals surface area contributed by atoms with Crippen LogP contribution in [-0.4, -0.2) is 18.1 Å². The molecule has 0 fully saturated rings. The van der Waals surface area contributed by atoms with Gasteiger partial charge in [0.05, 0.1) is 7.11 Å². The summed E-state index contributed by atoms with van der Waals surface area (Å²) >= 11 is 0. The summed E-state index contributed by atoms with van der Waals surface area (Å²) in [7, 11) is 1.37. The van der Waals surface area contributed by atoms with Crippen molar-refractivity contribution < 1.29 is 9.53 Å². The molecule has 0 spiro atoms. The summed E-state index contributed by atoms with van der Waals surface area (Å²) in [5.74, 6) is -0.368. The van der Waals surface area contributed by atoms with Gasteiger partial charge in [0.15, 0.2) is 5.69 Å². The molecule has 0 aliphatic carbocycles. The Labute approximate surface area is 96.2 Å². The number of methoxy groups -OCH3 is 1. The van der Waals surface area contributed by atoms with Crippen LogP contribution in [0.4, 0.5) is 0 Å². The molecular weight excluding hydrogens is 202 g/mol. The lowest BCUT2D eigenvalue weighted by Gasteiger charge is -2.05. The van der Waals surface area contributed by atoms with Crippen molar-refractivity contribution in [1.29, 1.82) is 0 Å². The summed E-state index contributed by atoms with van der Waals surface area (Å²) in [6.45, 7) is 4.12. The van der Waals surface area contributed by atoms with Crippen LogP contribution in [0.1, 0.15) is 36.3 Å². The first-order valence-electron chi connectivity index (χ1n) is 5.30. The van der Waals surface area contributed by atoms with Gasteiger partial charge >= 0.3 is 5.97 Å². The number of aromatic nitrogens is 1. The zero-order valence-corrected chi connectivity index (χ0v) is 9.99. The molecule has 1 aromatic heterocycles. The largest absolute Gasteiger partial charge is 0.464 e. The van der Waals surface area contributed by atoms with E-state index in [0.29, 0.717) is 5.69 Å². The van der Waals surface area contributed by atoms with Gasteiger partial charge in [-0.3, -0.25) is 0 Å². The number of rotatable bonds is 4. The van der Waals surface area contributed by atoms with Gasteiger partial charge in [0.25, 0.3) is 0 Å². The van der Waals surface area contributed by atoms with E-state index >= 15 is 0 Å². The van der Waals surface area contributed by atoms with E-state index in [2.05, 4.69) is 29.6 Å². The third kappa shape index (κ3) is 3.50. The number of ether oxygens (including phenoxy) is 1. The predicted molar refractivity (Wildman–Crippen MR) is 63.3 cm³/mol. The molecule has 0 radical (unpaired) electrons. The van der Waals surface area contributed by atoms with Crippen LogP contribution < -0.4 is 0 Å². The van der Waals surface area contributed by atoms with Gasteiger partial charge in [0.1, 0.15) is 0 Å². The Hall–Kier alpha value is -1.64. The van der Waals surface area contributed by atoms with Gasteiger partial charge in [-0.2, -0.15) is 0 Å². The van der Waals surface area contributed by atoms with Crippen molar-refractivity contribution in [3.05, 3.63) is 41.2 Å². The normalized spacial score (nSPS) is 9.69. The number of aryl methyl sites for hydroxylation is 1. The maximum Gasteiger partial charge on any atom is 0.356 e. The van der Waals surface area contributed by atoms with Crippen molar-refractivity contribution in [2.24, 2.45) is 0 Å². The highest BCUT2D eigenvalue weighted by Crippen LogP contribution is 2.10. The molecule has 1 heterocycles. The molecule has 0 amide bonds. The minimum atomic E-state index is -0.368. The van der Waals surface area contributed by atoms with Crippen LogP contribution in [0.15, 0.2) is 30.0 Å². The molecular formula is C13H17NO2. The highest BCUT2D eigenvalue weighted by molar-refractivity contribution is 5.88. The topological polar surface area (TPSA) is 39.2 Å². The van der Waals surface area contributed by atoms with E-state index in [1.54, 1.807) is 6.20 Å². The molecule has 3 heteroatoms. The number of carbonyl (C=O) groups excluding carboxylic acids is 1. The van der Waals surface area contributed by atoms with Crippen LogP contribution in [0.25, 0.3) is 0 Å². The smallest absolute Gasteiger partial charge is 0.356 e. The fourth-order valence-electron chi connectivity index (χ4n) is 1.44. The number of carbonyl (C=O) groups is 1. The lowest BCUT2D eigenvalue weighted by molar-refractivity contribution is 0.0592. The Kier molecular flexibility index (Phi) is 4.70. The molecule has 0 aliphatic rings. The van der Waals surface area contributed by atoms with Gasteiger partial charge in [0.2, 0.25) is 0 Å². The van der Waals surface area contributed by atoms with Gasteiger partial charge in [0, 0.05) is 6.20 Å². The Bertz CT molecular complexity index is 393. The minimum absolute atomic E-state index is 0.368. The molecule has 0 bridgehead atoms. The Morgan fingerprint density at radius 2 is 2.25 bits per heavy atom. The number of nitrogens with zero attached hydrogens (tertiary/aromatic N) is 1. The fraction of sp³-hybridized carbons (Fsp3) is 0.385. The predicted octanol–water partition coefficient (Wildman–Crippen LogP) is 2.77. The van der Waals surface area contributed by atoms with E-state index in [-0.39, 0.29) is 5.97 Å². The molecule has 0 N–H and O–H groups in total. The number of allylic oxidation sites excluding steroid dienone is 2. The zero-order chi connectivity index (χ0) is 12.0. The van der Waals surface area contributed by atoms with Gasteiger partial charge in [-0.25, -0.2) is 9.78 Å². The summed E-state index contributed by atoms with van der Waals surface area (Å²) in [5, 5.41) is 0. The Morgan fingerprint density at radius 3 is 2.88 bits per heavy atom. The quantitative estimate of drug-likeness (QED) is 0.577. The average Bonchev–Trinajstić information content (AvgIpc) is 2.28. The summed E-state index contributed by atoms with van der Waals surface area (Å²) < 4.78 is 4.69. The SMILES string of the molecule is COC(=O)c1ncccc1CCC=C(C)C. The summed E-state index contributed by atoms with van der Waals surface area (Å²) in [4.78, 5) is 15.5.